The Morgan fingerprint density at radius 3 is 1.53 bits per heavy atom. The van der Waals surface area contributed by atoms with Crippen LogP contribution in [0, 0.1) is 0 Å². The van der Waals surface area contributed by atoms with Crippen LogP contribution in [0.25, 0.3) is 0 Å². The van der Waals surface area contributed by atoms with E-state index < -0.39 is 23.8 Å². The lowest BCUT2D eigenvalue weighted by Gasteiger charge is -2.24. The number of rotatable bonds is 2. The van der Waals surface area contributed by atoms with Gasteiger partial charge in [-0.25, -0.2) is 16.8 Å². The highest BCUT2D eigenvalue weighted by Crippen LogP contribution is 2.39. The molecule has 1 aliphatic rings. The molecule has 1 aliphatic carbocycles. The second-order valence-corrected chi connectivity index (χ2v) is 9.49. The lowest BCUT2D eigenvalue weighted by molar-refractivity contribution is 0.549. The first-order valence-corrected chi connectivity index (χ1v) is 8.92. The quantitative estimate of drug-likeness (QED) is 0.790. The van der Waals surface area contributed by atoms with Gasteiger partial charge in [0.25, 0.3) is 0 Å². The molecule has 1 aromatic carbocycles. The average molecular weight is 274 g/mol. The van der Waals surface area contributed by atoms with Gasteiger partial charge in [-0.15, -0.1) is 0 Å². The van der Waals surface area contributed by atoms with Crippen LogP contribution in [-0.2, 0) is 32.5 Å². The Kier molecular flexibility index (Phi) is 2.63. The van der Waals surface area contributed by atoms with Crippen molar-refractivity contribution in [1.82, 2.24) is 0 Å². The van der Waals surface area contributed by atoms with Gasteiger partial charge in [-0.05, 0) is 11.1 Å². The first-order chi connectivity index (χ1) is 7.67. The summed E-state index contributed by atoms with van der Waals surface area (Å²) in [5, 5.41) is 0. The minimum absolute atomic E-state index is 0.0564. The zero-order chi connectivity index (χ0) is 12.9. The molecule has 0 unspecified atom stereocenters. The molecule has 0 amide bonds. The second-order valence-electron chi connectivity index (χ2n) is 4.58. The third-order valence-corrected chi connectivity index (χ3v) is 8.49. The molecule has 4 nitrogen and oxygen atoms in total. The van der Waals surface area contributed by atoms with Crippen LogP contribution in [0.1, 0.15) is 11.1 Å². The van der Waals surface area contributed by atoms with Crippen molar-refractivity contribution < 1.29 is 16.8 Å². The first-order valence-electron chi connectivity index (χ1n) is 5.13. The molecule has 0 aromatic heterocycles. The van der Waals surface area contributed by atoms with Gasteiger partial charge in [-0.2, -0.15) is 0 Å². The minimum atomic E-state index is -3.68. The molecule has 0 saturated carbocycles. The molecule has 0 heterocycles. The maximum absolute atomic E-state index is 11.9. The third-order valence-electron chi connectivity index (χ3n) is 3.39. The standard InChI is InChI=1S/C11H14O4S2/c1-16(12,13)11(17(2,14)15)7-9-5-3-4-6-10(9)8-11/h3-6H,7-8H2,1-2H3. The Hall–Kier alpha value is -0.880. The maximum atomic E-state index is 11.9. The van der Waals surface area contributed by atoms with Crippen LogP contribution in [0.15, 0.2) is 24.3 Å². The zero-order valence-electron chi connectivity index (χ0n) is 9.67. The summed E-state index contributed by atoms with van der Waals surface area (Å²) >= 11 is 0. The summed E-state index contributed by atoms with van der Waals surface area (Å²) in [5.74, 6) is 0. The van der Waals surface area contributed by atoms with Gasteiger partial charge in [0.05, 0.1) is 0 Å². The Bertz CT molecular complexity index is 597. The molecule has 0 atom stereocenters. The zero-order valence-corrected chi connectivity index (χ0v) is 11.3. The fourth-order valence-corrected chi connectivity index (χ4v) is 6.22. The van der Waals surface area contributed by atoms with Crippen LogP contribution in [0.5, 0.6) is 0 Å². The highest BCUT2D eigenvalue weighted by atomic mass is 32.3. The van der Waals surface area contributed by atoms with Gasteiger partial charge in [0, 0.05) is 25.4 Å². The van der Waals surface area contributed by atoms with E-state index in [1.165, 1.54) is 0 Å². The topological polar surface area (TPSA) is 68.3 Å². The molecule has 0 spiro atoms. The van der Waals surface area contributed by atoms with E-state index in [-0.39, 0.29) is 12.8 Å². The van der Waals surface area contributed by atoms with Crippen molar-refractivity contribution in [2.75, 3.05) is 12.5 Å². The molecule has 6 heteroatoms. The SMILES string of the molecule is CS(=O)(=O)C1(S(C)(=O)=O)Cc2ccccc2C1. The van der Waals surface area contributed by atoms with Crippen LogP contribution >= 0.6 is 0 Å². The van der Waals surface area contributed by atoms with Crippen LogP contribution in [0.3, 0.4) is 0 Å². The third kappa shape index (κ3) is 1.79. The van der Waals surface area contributed by atoms with E-state index in [0.29, 0.717) is 0 Å². The Labute approximate surface area is 102 Å². The average Bonchev–Trinajstić information content (AvgIpc) is 2.55. The van der Waals surface area contributed by atoms with Gasteiger partial charge in [0.2, 0.25) is 0 Å². The molecule has 0 radical (unpaired) electrons. The Morgan fingerprint density at radius 2 is 1.24 bits per heavy atom. The van der Waals surface area contributed by atoms with Crippen molar-refractivity contribution in [1.29, 1.82) is 0 Å². The van der Waals surface area contributed by atoms with Crippen molar-refractivity contribution in [3.05, 3.63) is 35.4 Å². The number of hydrogen-bond donors (Lipinski definition) is 0. The number of hydrogen-bond acceptors (Lipinski definition) is 4. The molecule has 0 fully saturated rings. The predicted molar refractivity (Wildman–Crippen MR) is 66.3 cm³/mol. The normalized spacial score (nSPS) is 18.9. The van der Waals surface area contributed by atoms with Crippen molar-refractivity contribution in [2.45, 2.75) is 16.9 Å². The van der Waals surface area contributed by atoms with Gasteiger partial charge in [-0.1, -0.05) is 24.3 Å². The summed E-state index contributed by atoms with van der Waals surface area (Å²) in [6, 6.07) is 7.15. The fourth-order valence-electron chi connectivity index (χ4n) is 2.34. The highest BCUT2D eigenvalue weighted by Gasteiger charge is 2.53. The van der Waals surface area contributed by atoms with E-state index in [4.69, 9.17) is 0 Å². The predicted octanol–water partition coefficient (Wildman–Crippen LogP) is 0.571. The Balaban J connectivity index is 2.67. The summed E-state index contributed by atoms with van der Waals surface area (Å²) in [5.41, 5.74) is 1.62. The highest BCUT2D eigenvalue weighted by molar-refractivity contribution is 8.09. The first kappa shape index (κ1) is 12.6. The van der Waals surface area contributed by atoms with Crippen molar-refractivity contribution >= 4 is 19.7 Å². The molecule has 0 bridgehead atoms. The van der Waals surface area contributed by atoms with E-state index in [1.54, 1.807) is 24.3 Å². The summed E-state index contributed by atoms with van der Waals surface area (Å²) in [4.78, 5) is 0. The summed E-state index contributed by atoms with van der Waals surface area (Å²) < 4.78 is 45.9. The van der Waals surface area contributed by atoms with Crippen LogP contribution in [0.2, 0.25) is 0 Å². The lowest BCUT2D eigenvalue weighted by atomic mass is 10.1. The summed E-state index contributed by atoms with van der Waals surface area (Å²) in [6.45, 7) is 0. The fraction of sp³-hybridized carbons (Fsp3) is 0.455. The molecule has 0 N–H and O–H groups in total. The number of benzene rings is 1. The minimum Gasteiger partial charge on any atom is -0.227 e. The number of sulfone groups is 2. The van der Waals surface area contributed by atoms with Crippen LogP contribution in [-0.4, -0.2) is 33.4 Å². The van der Waals surface area contributed by atoms with Gasteiger partial charge in [0.15, 0.2) is 23.8 Å². The van der Waals surface area contributed by atoms with Crippen molar-refractivity contribution in [3.63, 3.8) is 0 Å². The smallest absolute Gasteiger partial charge is 0.180 e. The van der Waals surface area contributed by atoms with Crippen LogP contribution in [0.4, 0.5) is 0 Å². The van der Waals surface area contributed by atoms with E-state index in [1.807, 2.05) is 0 Å². The molecule has 2 rings (SSSR count). The van der Waals surface area contributed by atoms with Gasteiger partial charge in [-0.3, -0.25) is 0 Å². The van der Waals surface area contributed by atoms with E-state index in [9.17, 15) is 16.8 Å². The molecule has 1 aromatic rings. The largest absolute Gasteiger partial charge is 0.227 e. The van der Waals surface area contributed by atoms with Crippen molar-refractivity contribution in [2.24, 2.45) is 0 Å². The molecule has 94 valence electrons. The lowest BCUT2D eigenvalue weighted by Crippen LogP contribution is -2.46. The maximum Gasteiger partial charge on any atom is 0.180 e. The molecule has 0 aliphatic heterocycles. The molecular formula is C11H14O4S2. The number of fused-ring (bicyclic) bond motifs is 1. The molecule has 17 heavy (non-hydrogen) atoms. The van der Waals surface area contributed by atoms with Gasteiger partial charge >= 0.3 is 0 Å². The summed E-state index contributed by atoms with van der Waals surface area (Å²) in [6.07, 6.45) is 2.11. The van der Waals surface area contributed by atoms with E-state index >= 15 is 0 Å². The summed E-state index contributed by atoms with van der Waals surface area (Å²) in [7, 11) is -7.36. The molecule has 0 saturated heterocycles. The van der Waals surface area contributed by atoms with Crippen molar-refractivity contribution in [3.8, 4) is 0 Å². The second kappa shape index (κ2) is 3.55. The van der Waals surface area contributed by atoms with Gasteiger partial charge in [0.1, 0.15) is 0 Å². The van der Waals surface area contributed by atoms with E-state index in [0.717, 1.165) is 23.6 Å². The van der Waals surface area contributed by atoms with Crippen LogP contribution < -0.4 is 0 Å². The molecular weight excluding hydrogens is 260 g/mol. The van der Waals surface area contributed by atoms with E-state index in [2.05, 4.69) is 0 Å². The van der Waals surface area contributed by atoms with Gasteiger partial charge < -0.3 is 0 Å². The monoisotopic (exact) mass is 274 g/mol. The Morgan fingerprint density at radius 1 is 0.882 bits per heavy atom.